The van der Waals surface area contributed by atoms with Crippen LogP contribution in [0.3, 0.4) is 0 Å². The van der Waals surface area contributed by atoms with Crippen molar-refractivity contribution in [1.82, 2.24) is 10.3 Å². The summed E-state index contributed by atoms with van der Waals surface area (Å²) in [6, 6.07) is 4.34. The number of fused-ring (bicyclic) bond motifs is 2. The molecule has 1 aromatic rings. The van der Waals surface area contributed by atoms with Gasteiger partial charge in [0.1, 0.15) is 4.75 Å². The van der Waals surface area contributed by atoms with E-state index in [1.165, 1.54) is 37.4 Å². The summed E-state index contributed by atoms with van der Waals surface area (Å²) in [4.78, 5) is 20.8. The van der Waals surface area contributed by atoms with E-state index in [1.54, 1.807) is 12.4 Å². The molecule has 2 heterocycles. The highest BCUT2D eigenvalue weighted by Crippen LogP contribution is 2.46. The minimum atomic E-state index is -0.631. The van der Waals surface area contributed by atoms with Crippen molar-refractivity contribution in [2.24, 2.45) is 16.8 Å². The molecule has 0 spiro atoms. The highest BCUT2D eigenvalue weighted by Gasteiger charge is 2.45. The molecular formula is C16H19N3OS. The molecule has 2 aliphatic carbocycles. The molecule has 2 fully saturated rings. The number of carbonyl (C=O) groups is 1. The number of rotatable bonds is 2. The Morgan fingerprint density at radius 1 is 1.38 bits per heavy atom. The number of amidine groups is 1. The predicted molar refractivity (Wildman–Crippen MR) is 84.0 cm³/mol. The average molecular weight is 301 g/mol. The van der Waals surface area contributed by atoms with E-state index in [0.29, 0.717) is 6.04 Å². The Labute approximate surface area is 128 Å². The van der Waals surface area contributed by atoms with Crippen molar-refractivity contribution in [3.05, 3.63) is 30.1 Å². The maximum absolute atomic E-state index is 12.4. The number of hydrogen-bond donors (Lipinski definition) is 1. The molecule has 0 radical (unpaired) electrons. The molecule has 0 aromatic carbocycles. The molecule has 4 rings (SSSR count). The standard InChI is InChI=1S/C16H19N3OS/c1-16(12-3-2-6-17-9-12)14(20)19-15(21-16)18-13-8-10-4-5-11(13)7-10/h2-3,6,9-11,13H,4-5,7-8H2,1H3,(H,18,19,20)/t10-,11-,13-,16?/m0/s1. The lowest BCUT2D eigenvalue weighted by atomic mass is 9.96. The van der Waals surface area contributed by atoms with Gasteiger partial charge in [-0.1, -0.05) is 24.2 Å². The number of nitrogens with zero attached hydrogens (tertiary/aromatic N) is 2. The smallest absolute Gasteiger partial charge is 0.269 e. The van der Waals surface area contributed by atoms with Crippen molar-refractivity contribution < 1.29 is 4.79 Å². The van der Waals surface area contributed by atoms with E-state index in [1.807, 2.05) is 19.1 Å². The predicted octanol–water partition coefficient (Wildman–Crippen LogP) is 2.70. The summed E-state index contributed by atoms with van der Waals surface area (Å²) >= 11 is 1.54. The van der Waals surface area contributed by atoms with Gasteiger partial charge in [0, 0.05) is 18.4 Å². The third kappa shape index (κ3) is 2.18. The van der Waals surface area contributed by atoms with Crippen LogP contribution in [-0.4, -0.2) is 22.1 Å². The first-order valence-electron chi connectivity index (χ1n) is 7.64. The lowest BCUT2D eigenvalue weighted by Crippen LogP contribution is -2.37. The lowest BCUT2D eigenvalue weighted by molar-refractivity contribution is -0.119. The SMILES string of the molecule is CC1(c2cccnc2)SC(N[C@H]2C[C@H]3CC[C@H]2C3)=NC1=O. The second kappa shape index (κ2) is 4.83. The Bertz CT molecular complexity index is 603. The number of carbonyl (C=O) groups excluding carboxylic acids is 1. The van der Waals surface area contributed by atoms with Gasteiger partial charge in [-0.15, -0.1) is 0 Å². The molecule has 2 saturated carbocycles. The minimum Gasteiger partial charge on any atom is -0.361 e. The number of nitrogens with one attached hydrogen (secondary N) is 1. The largest absolute Gasteiger partial charge is 0.361 e. The van der Waals surface area contributed by atoms with Crippen LogP contribution in [0.5, 0.6) is 0 Å². The fourth-order valence-corrected chi connectivity index (χ4v) is 5.03. The molecule has 4 atom stereocenters. The molecule has 3 aliphatic rings. The first kappa shape index (κ1) is 13.3. The fraction of sp³-hybridized carbons (Fsp3) is 0.562. The van der Waals surface area contributed by atoms with E-state index in [4.69, 9.17) is 0 Å². The zero-order valence-corrected chi connectivity index (χ0v) is 12.9. The Morgan fingerprint density at radius 2 is 2.29 bits per heavy atom. The summed E-state index contributed by atoms with van der Waals surface area (Å²) in [6.45, 7) is 1.94. The maximum Gasteiger partial charge on any atom is 0.269 e. The Morgan fingerprint density at radius 3 is 2.95 bits per heavy atom. The second-order valence-electron chi connectivity index (χ2n) is 6.52. The van der Waals surface area contributed by atoms with Crippen LogP contribution in [0.15, 0.2) is 29.5 Å². The van der Waals surface area contributed by atoms with Gasteiger partial charge in [0.05, 0.1) is 0 Å². The summed E-state index contributed by atoms with van der Waals surface area (Å²) in [5, 5.41) is 4.33. The van der Waals surface area contributed by atoms with Crippen molar-refractivity contribution in [3.8, 4) is 0 Å². The molecule has 110 valence electrons. The molecule has 1 aliphatic heterocycles. The van der Waals surface area contributed by atoms with Gasteiger partial charge in [-0.25, -0.2) is 0 Å². The topological polar surface area (TPSA) is 54.4 Å². The molecule has 21 heavy (non-hydrogen) atoms. The third-order valence-corrected chi connectivity index (χ3v) is 6.39. The molecule has 1 unspecified atom stereocenters. The number of amides is 1. The summed E-state index contributed by atoms with van der Waals surface area (Å²) in [6.07, 6.45) is 8.79. The van der Waals surface area contributed by atoms with E-state index < -0.39 is 4.75 Å². The van der Waals surface area contributed by atoms with Crippen LogP contribution in [0.4, 0.5) is 0 Å². The van der Waals surface area contributed by atoms with Gasteiger partial charge in [0.2, 0.25) is 0 Å². The highest BCUT2D eigenvalue weighted by atomic mass is 32.2. The molecular weight excluding hydrogens is 282 g/mol. The Kier molecular flexibility index (Phi) is 3.06. The van der Waals surface area contributed by atoms with E-state index in [2.05, 4.69) is 15.3 Å². The number of hydrogen-bond acceptors (Lipinski definition) is 4. The summed E-state index contributed by atoms with van der Waals surface area (Å²) in [5.41, 5.74) is 0.925. The zero-order chi connectivity index (χ0) is 14.4. The van der Waals surface area contributed by atoms with Crippen LogP contribution in [0.1, 0.15) is 38.2 Å². The number of aromatic nitrogens is 1. The lowest BCUT2D eigenvalue weighted by Gasteiger charge is -2.25. The Balaban J connectivity index is 1.50. The minimum absolute atomic E-state index is 0.0776. The van der Waals surface area contributed by atoms with Gasteiger partial charge in [-0.05, 0) is 49.7 Å². The number of aliphatic imine (C=N–C) groups is 1. The highest BCUT2D eigenvalue weighted by molar-refractivity contribution is 8.15. The maximum atomic E-state index is 12.4. The molecule has 4 nitrogen and oxygen atoms in total. The second-order valence-corrected chi connectivity index (χ2v) is 7.93. The summed E-state index contributed by atoms with van der Waals surface area (Å²) in [5.74, 6) is 1.59. The van der Waals surface area contributed by atoms with Crippen LogP contribution in [0.25, 0.3) is 0 Å². The van der Waals surface area contributed by atoms with Gasteiger partial charge in [-0.2, -0.15) is 4.99 Å². The normalized spacial score (nSPS) is 37.9. The molecule has 0 saturated heterocycles. The van der Waals surface area contributed by atoms with Crippen LogP contribution in [0, 0.1) is 11.8 Å². The van der Waals surface area contributed by atoms with E-state index in [0.717, 1.165) is 22.6 Å². The van der Waals surface area contributed by atoms with Crippen LogP contribution in [0.2, 0.25) is 0 Å². The van der Waals surface area contributed by atoms with Gasteiger partial charge in [0.25, 0.3) is 5.91 Å². The number of thioether (sulfide) groups is 1. The van der Waals surface area contributed by atoms with Gasteiger partial charge < -0.3 is 5.32 Å². The summed E-state index contributed by atoms with van der Waals surface area (Å²) < 4.78 is -0.631. The average Bonchev–Trinajstić information content (AvgIpc) is 3.16. The van der Waals surface area contributed by atoms with Crippen LogP contribution >= 0.6 is 11.8 Å². The van der Waals surface area contributed by atoms with Gasteiger partial charge in [-0.3, -0.25) is 9.78 Å². The molecule has 1 N–H and O–H groups in total. The van der Waals surface area contributed by atoms with Gasteiger partial charge in [0.15, 0.2) is 5.17 Å². The first-order valence-corrected chi connectivity index (χ1v) is 8.46. The fourth-order valence-electron chi connectivity index (χ4n) is 3.93. The molecule has 1 amide bonds. The van der Waals surface area contributed by atoms with Crippen molar-refractivity contribution >= 4 is 22.8 Å². The van der Waals surface area contributed by atoms with E-state index in [9.17, 15) is 4.79 Å². The quantitative estimate of drug-likeness (QED) is 0.912. The Hall–Kier alpha value is -1.36. The zero-order valence-electron chi connectivity index (χ0n) is 12.1. The van der Waals surface area contributed by atoms with E-state index in [-0.39, 0.29) is 5.91 Å². The van der Waals surface area contributed by atoms with Crippen molar-refractivity contribution in [2.75, 3.05) is 0 Å². The van der Waals surface area contributed by atoms with Crippen molar-refractivity contribution in [3.63, 3.8) is 0 Å². The molecule has 2 bridgehead atoms. The number of pyridine rings is 1. The monoisotopic (exact) mass is 301 g/mol. The van der Waals surface area contributed by atoms with Crippen LogP contribution < -0.4 is 5.32 Å². The third-order valence-electron chi connectivity index (χ3n) is 5.17. The molecule has 1 aromatic heterocycles. The van der Waals surface area contributed by atoms with E-state index >= 15 is 0 Å². The first-order chi connectivity index (χ1) is 10.1. The summed E-state index contributed by atoms with van der Waals surface area (Å²) in [7, 11) is 0. The van der Waals surface area contributed by atoms with Gasteiger partial charge >= 0.3 is 0 Å². The van der Waals surface area contributed by atoms with Crippen LogP contribution in [-0.2, 0) is 9.54 Å². The van der Waals surface area contributed by atoms with Crippen molar-refractivity contribution in [1.29, 1.82) is 0 Å². The van der Waals surface area contributed by atoms with Crippen molar-refractivity contribution in [2.45, 2.75) is 43.4 Å². The molecule has 5 heteroatoms.